The van der Waals surface area contributed by atoms with E-state index in [1.54, 1.807) is 6.07 Å². The van der Waals surface area contributed by atoms with Crippen molar-refractivity contribution in [1.82, 2.24) is 0 Å². The van der Waals surface area contributed by atoms with Gasteiger partial charge in [-0.3, -0.25) is 0 Å². The number of carbonyl (C=O) groups excluding carboxylic acids is 1. The van der Waals surface area contributed by atoms with Crippen molar-refractivity contribution in [2.45, 2.75) is 70.0 Å². The molecule has 0 radical (unpaired) electrons. The van der Waals surface area contributed by atoms with Gasteiger partial charge in [0, 0.05) is 11.5 Å². The van der Waals surface area contributed by atoms with Crippen molar-refractivity contribution in [3.8, 4) is 11.8 Å². The molecular weight excluding hydrogens is 664 g/mol. The molecule has 1 saturated heterocycles. The van der Waals surface area contributed by atoms with E-state index >= 15 is 0 Å². The summed E-state index contributed by atoms with van der Waals surface area (Å²) in [6.07, 6.45) is -1.89. The van der Waals surface area contributed by atoms with Crippen molar-refractivity contribution in [1.29, 1.82) is 0 Å². The first-order chi connectivity index (χ1) is 26.2. The maximum absolute atomic E-state index is 14.1. The van der Waals surface area contributed by atoms with Gasteiger partial charge in [-0.05, 0) is 47.2 Å². The van der Waals surface area contributed by atoms with Gasteiger partial charge in [0.05, 0.1) is 38.6 Å². The molecule has 0 bridgehead atoms. The highest BCUT2D eigenvalue weighted by atomic mass is 16.7. The monoisotopic (exact) mass is 708 g/mol. The van der Waals surface area contributed by atoms with Crippen molar-refractivity contribution in [3.63, 3.8) is 0 Å². The first-order valence-electron chi connectivity index (χ1n) is 18.2. The molecule has 1 heterocycles. The predicted octanol–water partition coefficient (Wildman–Crippen LogP) is 8.30. The number of esters is 1. The van der Waals surface area contributed by atoms with Crippen LogP contribution in [0, 0.1) is 17.8 Å². The van der Waals surface area contributed by atoms with Gasteiger partial charge in [0.2, 0.25) is 6.29 Å². The summed E-state index contributed by atoms with van der Waals surface area (Å²) in [7, 11) is 0. The van der Waals surface area contributed by atoms with Crippen LogP contribution in [0.25, 0.3) is 0 Å². The number of hydrogen-bond acceptors (Lipinski definition) is 7. The molecule has 7 rings (SSSR count). The molecule has 2 aliphatic rings. The topological polar surface area (TPSA) is 72.5 Å². The first kappa shape index (κ1) is 36.3. The van der Waals surface area contributed by atoms with E-state index in [-0.39, 0.29) is 19.8 Å². The SMILES string of the molecule is O=C(OC1O[C@H](COCc2ccccc2)[C@@H](OCc2ccccc2)[C@H](OCc2ccccc2)[C@H]1OCc1ccccc1)c1ccccc1C#CC1CC1. The van der Waals surface area contributed by atoms with Crippen LogP contribution in [0.3, 0.4) is 0 Å². The second-order valence-electron chi connectivity index (χ2n) is 13.3. The van der Waals surface area contributed by atoms with E-state index in [4.69, 9.17) is 28.4 Å². The van der Waals surface area contributed by atoms with E-state index in [1.807, 2.05) is 140 Å². The maximum Gasteiger partial charge on any atom is 0.341 e. The lowest BCUT2D eigenvalue weighted by molar-refractivity contribution is -0.315. The molecule has 0 aromatic heterocycles. The normalized spacial score (nSPS) is 20.9. The number of carbonyl (C=O) groups is 1. The van der Waals surface area contributed by atoms with Crippen molar-refractivity contribution in [2.24, 2.45) is 5.92 Å². The Labute approximate surface area is 311 Å². The molecule has 7 nitrogen and oxygen atoms in total. The van der Waals surface area contributed by atoms with E-state index in [9.17, 15) is 4.79 Å². The lowest BCUT2D eigenvalue weighted by Crippen LogP contribution is -2.62. The molecule has 5 aromatic carbocycles. The first-order valence-corrected chi connectivity index (χ1v) is 18.2. The smallest absolute Gasteiger partial charge is 0.341 e. The minimum Gasteiger partial charge on any atom is -0.429 e. The minimum atomic E-state index is -1.15. The molecule has 2 fully saturated rings. The molecule has 270 valence electrons. The van der Waals surface area contributed by atoms with E-state index in [0.717, 1.165) is 35.1 Å². The van der Waals surface area contributed by atoms with Gasteiger partial charge in [-0.25, -0.2) is 4.79 Å². The highest BCUT2D eigenvalue weighted by molar-refractivity contribution is 5.92. The fraction of sp³-hybridized carbons (Fsp3) is 0.283. The Morgan fingerprint density at radius 1 is 0.566 bits per heavy atom. The Bertz CT molecular complexity index is 1920. The Morgan fingerprint density at radius 2 is 1.04 bits per heavy atom. The fourth-order valence-electron chi connectivity index (χ4n) is 6.19. The number of benzene rings is 5. The van der Waals surface area contributed by atoms with Gasteiger partial charge < -0.3 is 28.4 Å². The molecule has 1 unspecified atom stereocenters. The molecule has 0 N–H and O–H groups in total. The van der Waals surface area contributed by atoms with Crippen LogP contribution in [0.2, 0.25) is 0 Å². The Balaban J connectivity index is 1.21. The zero-order valence-electron chi connectivity index (χ0n) is 29.6. The molecule has 53 heavy (non-hydrogen) atoms. The van der Waals surface area contributed by atoms with Crippen LogP contribution in [-0.4, -0.2) is 43.3 Å². The largest absolute Gasteiger partial charge is 0.429 e. The molecule has 1 aliphatic heterocycles. The van der Waals surface area contributed by atoms with Crippen molar-refractivity contribution in [3.05, 3.63) is 179 Å². The molecule has 1 aliphatic carbocycles. The standard InChI is InChI=1S/C46H44O7/c47-45(40-24-14-13-23-39(40)28-27-34-25-26-34)53-46-44(51-32-38-21-11-4-12-22-38)43(50-31-37-19-9-3-10-20-37)42(49-30-36-17-7-2-8-18-36)41(52-46)33-48-29-35-15-5-1-6-16-35/h1-24,34,41-44,46H,25-26,29-33H2/t41-,42-,43+,44-,46?/m1/s1. The van der Waals surface area contributed by atoms with Crippen molar-refractivity contribution in [2.75, 3.05) is 6.61 Å². The minimum absolute atomic E-state index is 0.155. The summed E-state index contributed by atoms with van der Waals surface area (Å²) >= 11 is 0. The quantitative estimate of drug-likeness (QED) is 0.0801. The number of rotatable bonds is 15. The van der Waals surface area contributed by atoms with E-state index in [0.29, 0.717) is 30.3 Å². The Kier molecular flexibility index (Phi) is 12.7. The highest BCUT2D eigenvalue weighted by Gasteiger charge is 2.50. The van der Waals surface area contributed by atoms with Crippen LogP contribution in [0.1, 0.15) is 51.0 Å². The van der Waals surface area contributed by atoms with Gasteiger partial charge in [0.25, 0.3) is 0 Å². The molecule has 7 heteroatoms. The zero-order chi connectivity index (χ0) is 36.1. The van der Waals surface area contributed by atoms with Gasteiger partial charge >= 0.3 is 5.97 Å². The summed E-state index contributed by atoms with van der Waals surface area (Å²) in [5, 5.41) is 0. The third-order valence-corrected chi connectivity index (χ3v) is 9.20. The second-order valence-corrected chi connectivity index (χ2v) is 13.3. The highest BCUT2D eigenvalue weighted by Crippen LogP contribution is 2.33. The van der Waals surface area contributed by atoms with Gasteiger partial charge in [-0.15, -0.1) is 0 Å². The van der Waals surface area contributed by atoms with Crippen LogP contribution in [0.5, 0.6) is 0 Å². The number of ether oxygens (including phenoxy) is 6. The molecule has 0 amide bonds. The van der Waals surface area contributed by atoms with Crippen LogP contribution in [-0.2, 0) is 54.8 Å². The summed E-state index contributed by atoms with van der Waals surface area (Å²) in [5.74, 6) is 6.29. The van der Waals surface area contributed by atoms with E-state index < -0.39 is 36.7 Å². The zero-order valence-corrected chi connectivity index (χ0v) is 29.6. The summed E-state index contributed by atoms with van der Waals surface area (Å²) in [4.78, 5) is 14.1. The van der Waals surface area contributed by atoms with Crippen LogP contribution in [0.15, 0.2) is 146 Å². The van der Waals surface area contributed by atoms with E-state index in [2.05, 4.69) is 11.8 Å². The van der Waals surface area contributed by atoms with Gasteiger partial charge in [0.15, 0.2) is 0 Å². The Hall–Kier alpha value is -5.07. The molecule has 5 atom stereocenters. The maximum atomic E-state index is 14.1. The summed E-state index contributed by atoms with van der Waals surface area (Å²) in [6.45, 7) is 1.34. The summed E-state index contributed by atoms with van der Waals surface area (Å²) in [5.41, 5.74) is 4.94. The van der Waals surface area contributed by atoms with Crippen LogP contribution < -0.4 is 0 Å². The fourth-order valence-corrected chi connectivity index (χ4v) is 6.19. The molecule has 5 aromatic rings. The van der Waals surface area contributed by atoms with Gasteiger partial charge in [-0.1, -0.05) is 145 Å². The average molecular weight is 709 g/mol. The molecule has 1 saturated carbocycles. The van der Waals surface area contributed by atoms with Crippen molar-refractivity contribution >= 4 is 5.97 Å². The van der Waals surface area contributed by atoms with Crippen molar-refractivity contribution < 1.29 is 33.2 Å². The van der Waals surface area contributed by atoms with Crippen LogP contribution >= 0.6 is 0 Å². The van der Waals surface area contributed by atoms with Crippen LogP contribution in [0.4, 0.5) is 0 Å². The lowest BCUT2D eigenvalue weighted by Gasteiger charge is -2.45. The third kappa shape index (κ3) is 10.5. The molecule has 0 spiro atoms. The molecular formula is C46H44O7. The summed E-state index contributed by atoms with van der Waals surface area (Å²) in [6, 6.07) is 47.0. The number of hydrogen-bond donors (Lipinski definition) is 0. The average Bonchev–Trinajstić information content (AvgIpc) is 4.05. The third-order valence-electron chi connectivity index (χ3n) is 9.20. The Morgan fingerprint density at radius 3 is 1.58 bits per heavy atom. The summed E-state index contributed by atoms with van der Waals surface area (Å²) < 4.78 is 39.4. The van der Waals surface area contributed by atoms with Gasteiger partial charge in [-0.2, -0.15) is 0 Å². The van der Waals surface area contributed by atoms with E-state index in [1.165, 1.54) is 0 Å². The second kappa shape index (κ2) is 18.6. The van der Waals surface area contributed by atoms with Gasteiger partial charge in [0.1, 0.15) is 24.4 Å². The lowest BCUT2D eigenvalue weighted by atomic mass is 9.97. The predicted molar refractivity (Wildman–Crippen MR) is 201 cm³/mol.